The van der Waals surface area contributed by atoms with E-state index in [4.69, 9.17) is 4.98 Å². The largest absolute Gasteiger partial charge is 0.416 e. The fourth-order valence-electron chi connectivity index (χ4n) is 3.94. The van der Waals surface area contributed by atoms with Crippen LogP contribution in [0, 0.1) is 5.92 Å². The van der Waals surface area contributed by atoms with Crippen molar-refractivity contribution in [3.63, 3.8) is 0 Å². The molecule has 4 rings (SSSR count). The van der Waals surface area contributed by atoms with E-state index in [1.54, 1.807) is 6.07 Å². The number of halogens is 3. The third-order valence-electron chi connectivity index (χ3n) is 5.21. The van der Waals surface area contributed by atoms with Gasteiger partial charge in [0.1, 0.15) is 5.82 Å². The van der Waals surface area contributed by atoms with Gasteiger partial charge >= 0.3 is 6.18 Å². The first kappa shape index (κ1) is 19.5. The van der Waals surface area contributed by atoms with Crippen molar-refractivity contribution in [2.75, 3.05) is 11.4 Å². The average Bonchev–Trinajstić information content (AvgIpc) is 3.22. The van der Waals surface area contributed by atoms with Crippen LogP contribution >= 0.6 is 0 Å². The Hall–Kier alpha value is -2.83. The lowest BCUT2D eigenvalue weighted by molar-refractivity contribution is -0.137. The summed E-state index contributed by atoms with van der Waals surface area (Å²) in [5.74, 6) is 0.867. The van der Waals surface area contributed by atoms with Gasteiger partial charge < -0.3 is 9.47 Å². The molecule has 29 heavy (non-hydrogen) atoms. The van der Waals surface area contributed by atoms with Crippen molar-refractivity contribution in [3.05, 3.63) is 59.9 Å². The number of rotatable bonds is 4. The number of nitrogens with zero attached hydrogens (tertiary/aromatic N) is 3. The molecule has 0 aliphatic carbocycles. The number of para-hydroxylation sites is 2. The second kappa shape index (κ2) is 7.21. The molecule has 1 amide bonds. The third-order valence-corrected chi connectivity index (χ3v) is 5.21. The predicted molar refractivity (Wildman–Crippen MR) is 106 cm³/mol. The van der Waals surface area contributed by atoms with E-state index in [0.29, 0.717) is 12.5 Å². The summed E-state index contributed by atoms with van der Waals surface area (Å²) in [5, 5.41) is 0. The molecule has 0 spiro atoms. The Labute approximate surface area is 167 Å². The number of imidazole rings is 1. The van der Waals surface area contributed by atoms with Gasteiger partial charge in [0.2, 0.25) is 5.91 Å². The number of benzene rings is 2. The molecule has 0 radical (unpaired) electrons. The van der Waals surface area contributed by atoms with Crippen molar-refractivity contribution in [1.29, 1.82) is 0 Å². The van der Waals surface area contributed by atoms with Crippen molar-refractivity contribution in [2.24, 2.45) is 5.92 Å². The summed E-state index contributed by atoms with van der Waals surface area (Å²) in [4.78, 5) is 18.9. The Morgan fingerprint density at radius 2 is 1.90 bits per heavy atom. The summed E-state index contributed by atoms with van der Waals surface area (Å²) >= 11 is 0. The van der Waals surface area contributed by atoms with E-state index in [0.717, 1.165) is 35.5 Å². The predicted octanol–water partition coefficient (Wildman–Crippen LogP) is 5.23. The van der Waals surface area contributed by atoms with Crippen LogP contribution in [0.1, 0.15) is 37.6 Å². The molecule has 1 aliphatic rings. The summed E-state index contributed by atoms with van der Waals surface area (Å²) in [5.41, 5.74) is 1.41. The lowest BCUT2D eigenvalue weighted by atomic mass is 10.1. The fraction of sp³-hybridized carbons (Fsp3) is 0.364. The Bertz CT molecular complexity index is 1050. The molecule has 152 valence electrons. The quantitative estimate of drug-likeness (QED) is 0.600. The Balaban J connectivity index is 1.68. The van der Waals surface area contributed by atoms with Crippen molar-refractivity contribution < 1.29 is 18.0 Å². The molecule has 0 N–H and O–H groups in total. The monoisotopic (exact) mass is 401 g/mol. The molecular weight excluding hydrogens is 379 g/mol. The molecule has 1 aliphatic heterocycles. The number of amides is 1. The zero-order chi connectivity index (χ0) is 20.8. The lowest BCUT2D eigenvalue weighted by Crippen LogP contribution is -2.25. The number of anilines is 1. The summed E-state index contributed by atoms with van der Waals surface area (Å²) in [6.45, 7) is 5.33. The Morgan fingerprint density at radius 1 is 1.14 bits per heavy atom. The van der Waals surface area contributed by atoms with E-state index in [2.05, 4.69) is 18.4 Å². The van der Waals surface area contributed by atoms with Gasteiger partial charge in [-0.3, -0.25) is 4.79 Å². The third kappa shape index (κ3) is 3.73. The number of fused-ring (bicyclic) bond motifs is 1. The molecule has 7 heteroatoms. The van der Waals surface area contributed by atoms with Crippen LogP contribution in [0.15, 0.2) is 48.5 Å². The normalized spacial score (nSPS) is 17.7. The number of hydrogen-bond donors (Lipinski definition) is 0. The van der Waals surface area contributed by atoms with Gasteiger partial charge in [0, 0.05) is 31.1 Å². The highest BCUT2D eigenvalue weighted by molar-refractivity contribution is 5.96. The van der Waals surface area contributed by atoms with Gasteiger partial charge in [0.15, 0.2) is 0 Å². The molecular formula is C22H22F3N3O. The molecule has 1 atom stereocenters. The first-order valence-electron chi connectivity index (χ1n) is 9.67. The number of carbonyl (C=O) groups is 1. The summed E-state index contributed by atoms with van der Waals surface area (Å²) in [6.07, 6.45) is -4.21. The minimum atomic E-state index is -4.44. The van der Waals surface area contributed by atoms with Crippen molar-refractivity contribution in [3.8, 4) is 0 Å². The van der Waals surface area contributed by atoms with Crippen LogP contribution in [0.5, 0.6) is 0 Å². The number of alkyl halides is 3. The fourth-order valence-corrected chi connectivity index (χ4v) is 3.94. The molecule has 4 nitrogen and oxygen atoms in total. The van der Waals surface area contributed by atoms with Crippen molar-refractivity contribution in [1.82, 2.24) is 9.55 Å². The van der Waals surface area contributed by atoms with E-state index in [1.165, 1.54) is 11.0 Å². The van der Waals surface area contributed by atoms with E-state index >= 15 is 0 Å². The van der Waals surface area contributed by atoms with Crippen LogP contribution in [-0.4, -0.2) is 22.0 Å². The molecule has 0 saturated carbocycles. The molecule has 1 saturated heterocycles. The SMILES string of the molecule is CC(C)Cn1c([C@@H]2CC(=O)N(c3cccc(C(F)(F)F)c3)C2)nc2ccccc21. The van der Waals surface area contributed by atoms with Gasteiger partial charge in [0.05, 0.1) is 16.6 Å². The van der Waals surface area contributed by atoms with Crippen LogP contribution in [0.4, 0.5) is 18.9 Å². The van der Waals surface area contributed by atoms with Crippen LogP contribution in [0.2, 0.25) is 0 Å². The molecule has 2 heterocycles. The van der Waals surface area contributed by atoms with Gasteiger partial charge in [0.25, 0.3) is 0 Å². The summed E-state index contributed by atoms with van der Waals surface area (Å²) in [6, 6.07) is 12.8. The first-order chi connectivity index (χ1) is 13.7. The Morgan fingerprint density at radius 3 is 2.62 bits per heavy atom. The second-order valence-electron chi connectivity index (χ2n) is 7.92. The van der Waals surface area contributed by atoms with Gasteiger partial charge in [-0.05, 0) is 36.2 Å². The van der Waals surface area contributed by atoms with E-state index in [-0.39, 0.29) is 23.9 Å². The Kier molecular flexibility index (Phi) is 4.84. The topological polar surface area (TPSA) is 38.1 Å². The van der Waals surface area contributed by atoms with E-state index in [1.807, 2.05) is 24.3 Å². The lowest BCUT2D eigenvalue weighted by Gasteiger charge is -2.19. The molecule has 1 fully saturated rings. The minimum Gasteiger partial charge on any atom is -0.327 e. The second-order valence-corrected chi connectivity index (χ2v) is 7.92. The maximum Gasteiger partial charge on any atom is 0.416 e. The van der Waals surface area contributed by atoms with Crippen molar-refractivity contribution in [2.45, 2.75) is 38.9 Å². The smallest absolute Gasteiger partial charge is 0.327 e. The number of aromatic nitrogens is 2. The molecule has 0 unspecified atom stereocenters. The highest BCUT2D eigenvalue weighted by atomic mass is 19.4. The summed E-state index contributed by atoms with van der Waals surface area (Å²) < 4.78 is 41.4. The molecule has 2 aromatic carbocycles. The average molecular weight is 401 g/mol. The molecule has 3 aromatic rings. The zero-order valence-corrected chi connectivity index (χ0v) is 16.3. The standard InChI is InChI=1S/C22H22F3N3O/c1-14(2)12-28-19-9-4-3-8-18(19)26-21(28)15-10-20(29)27(13-15)17-7-5-6-16(11-17)22(23,24)25/h3-9,11,14-15H,10,12-13H2,1-2H3/t15-/m1/s1. The van der Waals surface area contributed by atoms with Crippen LogP contribution < -0.4 is 4.90 Å². The highest BCUT2D eigenvalue weighted by Gasteiger charge is 2.36. The van der Waals surface area contributed by atoms with Crippen molar-refractivity contribution >= 4 is 22.6 Å². The van der Waals surface area contributed by atoms with Gasteiger partial charge in [-0.1, -0.05) is 32.0 Å². The van der Waals surface area contributed by atoms with Gasteiger partial charge in [-0.2, -0.15) is 13.2 Å². The molecule has 0 bridgehead atoms. The zero-order valence-electron chi connectivity index (χ0n) is 16.3. The minimum absolute atomic E-state index is 0.164. The number of hydrogen-bond acceptors (Lipinski definition) is 2. The van der Waals surface area contributed by atoms with Crippen LogP contribution in [0.3, 0.4) is 0 Å². The van der Waals surface area contributed by atoms with Crippen LogP contribution in [-0.2, 0) is 17.5 Å². The van der Waals surface area contributed by atoms with E-state index in [9.17, 15) is 18.0 Å². The van der Waals surface area contributed by atoms with E-state index < -0.39 is 11.7 Å². The maximum absolute atomic E-state index is 13.1. The summed E-state index contributed by atoms with van der Waals surface area (Å²) in [7, 11) is 0. The van der Waals surface area contributed by atoms with Gasteiger partial charge in [-0.25, -0.2) is 4.98 Å². The first-order valence-corrected chi connectivity index (χ1v) is 9.67. The maximum atomic E-state index is 13.1. The number of carbonyl (C=O) groups excluding carboxylic acids is 1. The molecule has 1 aromatic heterocycles. The van der Waals surface area contributed by atoms with Gasteiger partial charge in [-0.15, -0.1) is 0 Å². The highest BCUT2D eigenvalue weighted by Crippen LogP contribution is 2.36. The van der Waals surface area contributed by atoms with Crippen LogP contribution in [0.25, 0.3) is 11.0 Å².